The molecule has 7 nitrogen and oxygen atoms in total. The SMILES string of the molecule is CCCCCC[C@@H](C)OC(=O)c1ccc(OC(=O)c2ccc(-c3ccc(OCCCCCCCCCCOCC4(C)COC4)cc3)cc2)c(F)c1. The zero-order valence-corrected chi connectivity index (χ0v) is 30.9. The summed E-state index contributed by atoms with van der Waals surface area (Å²) in [4.78, 5) is 25.2. The fraction of sp³-hybridized carbons (Fsp3) is 0.535. The van der Waals surface area contributed by atoms with Gasteiger partial charge in [0.05, 0.1) is 43.7 Å². The first-order valence-corrected chi connectivity index (χ1v) is 19.0. The van der Waals surface area contributed by atoms with Crippen molar-refractivity contribution in [2.45, 2.75) is 110 Å². The van der Waals surface area contributed by atoms with E-state index in [0.717, 1.165) is 94.3 Å². The van der Waals surface area contributed by atoms with Gasteiger partial charge in [0.15, 0.2) is 11.6 Å². The highest BCUT2D eigenvalue weighted by molar-refractivity contribution is 5.92. The molecule has 1 fully saturated rings. The summed E-state index contributed by atoms with van der Waals surface area (Å²) in [6.07, 6.45) is 14.5. The van der Waals surface area contributed by atoms with Gasteiger partial charge in [0.25, 0.3) is 0 Å². The average Bonchev–Trinajstić information content (AvgIpc) is 3.12. The van der Waals surface area contributed by atoms with Crippen LogP contribution in [0.2, 0.25) is 0 Å². The number of benzene rings is 3. The van der Waals surface area contributed by atoms with Gasteiger partial charge in [0.1, 0.15) is 5.75 Å². The Hall–Kier alpha value is -3.75. The van der Waals surface area contributed by atoms with Crippen LogP contribution in [0.25, 0.3) is 11.1 Å². The number of carbonyl (C=O) groups excluding carboxylic acids is 2. The molecular formula is C43H57FO7. The van der Waals surface area contributed by atoms with Gasteiger partial charge in [-0.3, -0.25) is 0 Å². The van der Waals surface area contributed by atoms with Gasteiger partial charge in [-0.05, 0) is 86.2 Å². The van der Waals surface area contributed by atoms with Crippen molar-refractivity contribution >= 4 is 11.9 Å². The van der Waals surface area contributed by atoms with E-state index in [-0.39, 0.29) is 28.4 Å². The molecule has 3 aromatic rings. The molecule has 1 aliphatic rings. The van der Waals surface area contributed by atoms with E-state index in [2.05, 4.69) is 13.8 Å². The van der Waals surface area contributed by atoms with Crippen LogP contribution >= 0.6 is 0 Å². The molecule has 0 aromatic heterocycles. The number of ether oxygens (including phenoxy) is 5. The largest absolute Gasteiger partial charge is 0.494 e. The van der Waals surface area contributed by atoms with Crippen LogP contribution in [0.1, 0.15) is 125 Å². The van der Waals surface area contributed by atoms with E-state index in [1.807, 2.05) is 43.3 Å². The Balaban J connectivity index is 1.09. The molecule has 4 rings (SSSR count). The molecule has 0 aliphatic carbocycles. The van der Waals surface area contributed by atoms with Crippen LogP contribution in [-0.2, 0) is 14.2 Å². The number of hydrogen-bond acceptors (Lipinski definition) is 7. The summed E-state index contributed by atoms with van der Waals surface area (Å²) in [6.45, 7) is 10.2. The molecule has 1 heterocycles. The number of rotatable bonds is 24. The van der Waals surface area contributed by atoms with E-state index in [9.17, 15) is 14.0 Å². The molecule has 0 bridgehead atoms. The lowest BCUT2D eigenvalue weighted by Crippen LogP contribution is -2.43. The van der Waals surface area contributed by atoms with Gasteiger partial charge in [0, 0.05) is 12.0 Å². The van der Waals surface area contributed by atoms with E-state index in [4.69, 9.17) is 23.7 Å². The molecule has 1 atom stereocenters. The maximum atomic E-state index is 14.8. The van der Waals surface area contributed by atoms with Gasteiger partial charge in [-0.1, -0.05) is 95.9 Å². The summed E-state index contributed by atoms with van der Waals surface area (Å²) in [5.74, 6) is -1.51. The summed E-state index contributed by atoms with van der Waals surface area (Å²) >= 11 is 0. The minimum Gasteiger partial charge on any atom is -0.494 e. The molecule has 278 valence electrons. The van der Waals surface area contributed by atoms with E-state index in [0.29, 0.717) is 6.61 Å². The molecule has 0 unspecified atom stereocenters. The first-order chi connectivity index (χ1) is 24.8. The summed E-state index contributed by atoms with van der Waals surface area (Å²) in [5.41, 5.74) is 2.52. The number of carbonyl (C=O) groups is 2. The Morgan fingerprint density at radius 2 is 1.33 bits per heavy atom. The van der Waals surface area contributed by atoms with Gasteiger partial charge in [-0.2, -0.15) is 0 Å². The zero-order chi connectivity index (χ0) is 36.3. The Labute approximate surface area is 304 Å². The van der Waals surface area contributed by atoms with E-state index >= 15 is 0 Å². The molecular weight excluding hydrogens is 647 g/mol. The maximum absolute atomic E-state index is 14.8. The van der Waals surface area contributed by atoms with Gasteiger partial charge < -0.3 is 23.7 Å². The molecule has 0 saturated carbocycles. The van der Waals surface area contributed by atoms with Crippen molar-refractivity contribution in [2.75, 3.05) is 33.0 Å². The topological polar surface area (TPSA) is 80.3 Å². The monoisotopic (exact) mass is 704 g/mol. The van der Waals surface area contributed by atoms with Crippen molar-refractivity contribution in [3.8, 4) is 22.6 Å². The zero-order valence-electron chi connectivity index (χ0n) is 30.9. The Morgan fingerprint density at radius 3 is 1.94 bits per heavy atom. The number of unbranched alkanes of at least 4 members (excludes halogenated alkanes) is 10. The first-order valence-electron chi connectivity index (χ1n) is 19.0. The fourth-order valence-electron chi connectivity index (χ4n) is 5.99. The molecule has 8 heteroatoms. The molecule has 1 aliphatic heterocycles. The van der Waals surface area contributed by atoms with Crippen LogP contribution in [-0.4, -0.2) is 51.1 Å². The van der Waals surface area contributed by atoms with Gasteiger partial charge >= 0.3 is 11.9 Å². The second-order valence-electron chi connectivity index (χ2n) is 14.2. The lowest BCUT2D eigenvalue weighted by molar-refractivity contribution is -0.137. The second-order valence-corrected chi connectivity index (χ2v) is 14.2. The highest BCUT2D eigenvalue weighted by atomic mass is 19.1. The Bertz CT molecular complexity index is 1470. The number of esters is 2. The van der Waals surface area contributed by atoms with Crippen LogP contribution in [0.15, 0.2) is 66.7 Å². The van der Waals surface area contributed by atoms with E-state index < -0.39 is 17.8 Å². The lowest BCUT2D eigenvalue weighted by atomic mass is 9.90. The summed E-state index contributed by atoms with van der Waals surface area (Å²) in [6, 6.07) is 18.6. The Morgan fingerprint density at radius 1 is 0.745 bits per heavy atom. The highest BCUT2D eigenvalue weighted by Crippen LogP contribution is 2.27. The molecule has 0 amide bonds. The first kappa shape index (κ1) is 40.0. The number of halogens is 1. The molecule has 0 N–H and O–H groups in total. The highest BCUT2D eigenvalue weighted by Gasteiger charge is 2.33. The van der Waals surface area contributed by atoms with Crippen LogP contribution in [0.3, 0.4) is 0 Å². The summed E-state index contributed by atoms with van der Waals surface area (Å²) in [5, 5.41) is 0. The van der Waals surface area contributed by atoms with Crippen LogP contribution in [0, 0.1) is 11.2 Å². The summed E-state index contributed by atoms with van der Waals surface area (Å²) in [7, 11) is 0. The number of hydrogen-bond donors (Lipinski definition) is 0. The van der Waals surface area contributed by atoms with Crippen molar-refractivity contribution in [1.82, 2.24) is 0 Å². The van der Waals surface area contributed by atoms with E-state index in [1.165, 1.54) is 50.7 Å². The standard InChI is InChI=1S/C43H57FO7/c1-4-5-6-13-16-33(2)50-42(46)37-23-26-40(39(44)29-37)51-41(45)36-19-17-34(18-20-36)35-21-24-38(25-22-35)49-28-15-12-10-8-7-9-11-14-27-47-30-43(3)31-48-32-43/h17-26,29,33H,4-16,27-28,30-32H2,1-3H3/t33-/m1/s1. The smallest absolute Gasteiger partial charge is 0.343 e. The van der Waals surface area contributed by atoms with Crippen LogP contribution in [0.5, 0.6) is 11.5 Å². The van der Waals surface area contributed by atoms with Crippen molar-refractivity contribution in [3.63, 3.8) is 0 Å². The molecule has 0 spiro atoms. The third-order valence-corrected chi connectivity index (χ3v) is 9.25. The van der Waals surface area contributed by atoms with Gasteiger partial charge in [0.2, 0.25) is 0 Å². The third kappa shape index (κ3) is 14.1. The van der Waals surface area contributed by atoms with Crippen molar-refractivity contribution < 1.29 is 37.7 Å². The van der Waals surface area contributed by atoms with Crippen molar-refractivity contribution in [1.29, 1.82) is 0 Å². The van der Waals surface area contributed by atoms with Gasteiger partial charge in [-0.25, -0.2) is 14.0 Å². The molecule has 1 saturated heterocycles. The average molecular weight is 705 g/mol. The predicted molar refractivity (Wildman–Crippen MR) is 199 cm³/mol. The Kier molecular flexibility index (Phi) is 16.9. The van der Waals surface area contributed by atoms with Crippen molar-refractivity contribution in [2.24, 2.45) is 5.41 Å². The quantitative estimate of drug-likeness (QED) is 0.0521. The maximum Gasteiger partial charge on any atom is 0.343 e. The third-order valence-electron chi connectivity index (χ3n) is 9.25. The molecule has 51 heavy (non-hydrogen) atoms. The summed E-state index contributed by atoms with van der Waals surface area (Å²) < 4.78 is 42.6. The van der Waals surface area contributed by atoms with Crippen LogP contribution in [0.4, 0.5) is 4.39 Å². The van der Waals surface area contributed by atoms with Gasteiger partial charge in [-0.15, -0.1) is 0 Å². The minimum absolute atomic E-state index is 0.0770. The normalized spacial score (nSPS) is 14.0. The molecule has 3 aromatic carbocycles. The van der Waals surface area contributed by atoms with Crippen LogP contribution < -0.4 is 9.47 Å². The molecule has 0 radical (unpaired) electrons. The fourth-order valence-corrected chi connectivity index (χ4v) is 5.99. The lowest BCUT2D eigenvalue weighted by Gasteiger charge is -2.37. The minimum atomic E-state index is -0.805. The van der Waals surface area contributed by atoms with Crippen molar-refractivity contribution in [3.05, 3.63) is 83.7 Å². The van der Waals surface area contributed by atoms with E-state index in [1.54, 1.807) is 12.1 Å². The predicted octanol–water partition coefficient (Wildman–Crippen LogP) is 10.8. The second kappa shape index (κ2) is 21.6.